The van der Waals surface area contributed by atoms with Crippen LogP contribution in [0.4, 0.5) is 0 Å². The molecule has 102 valence electrons. The number of nitrogens with zero attached hydrogens (tertiary/aromatic N) is 1. The average molecular weight is 259 g/mol. The number of aliphatic hydroxyl groups excluding tert-OH is 1. The average Bonchev–Trinajstić information content (AvgIpc) is 2.94. The summed E-state index contributed by atoms with van der Waals surface area (Å²) >= 11 is 0. The smallest absolute Gasteiger partial charge is 0.338 e. The lowest BCUT2D eigenvalue weighted by molar-refractivity contribution is -0.198. The van der Waals surface area contributed by atoms with Gasteiger partial charge in [0.05, 0.1) is 32.9 Å². The zero-order chi connectivity index (χ0) is 13.3. The molecule has 0 radical (unpaired) electrons. The Kier molecular flexibility index (Phi) is 3.84. The summed E-state index contributed by atoms with van der Waals surface area (Å²) in [4.78, 5) is 28.9. The number of rotatable bonds is 3. The third kappa shape index (κ3) is 1.98. The van der Waals surface area contributed by atoms with Crippen LogP contribution in [-0.2, 0) is 23.9 Å². The van der Waals surface area contributed by atoms with Crippen LogP contribution in [0, 0.1) is 5.92 Å². The highest BCUT2D eigenvalue weighted by Gasteiger charge is 2.56. The highest BCUT2D eigenvalue weighted by molar-refractivity contribution is 5.85. The van der Waals surface area contributed by atoms with Gasteiger partial charge in [0.2, 0.25) is 0 Å². The molecule has 0 bridgehead atoms. The van der Waals surface area contributed by atoms with Crippen molar-refractivity contribution in [2.24, 2.45) is 5.92 Å². The van der Waals surface area contributed by atoms with Crippen LogP contribution in [0.1, 0.15) is 12.8 Å². The van der Waals surface area contributed by atoms with E-state index >= 15 is 0 Å². The van der Waals surface area contributed by atoms with Gasteiger partial charge in [-0.2, -0.15) is 5.06 Å². The van der Waals surface area contributed by atoms with Crippen LogP contribution in [0.3, 0.4) is 0 Å². The minimum absolute atomic E-state index is 0.0711. The third-order valence-corrected chi connectivity index (χ3v) is 3.58. The van der Waals surface area contributed by atoms with E-state index in [1.807, 2.05) is 0 Å². The summed E-state index contributed by atoms with van der Waals surface area (Å²) in [6.07, 6.45) is 0.419. The van der Waals surface area contributed by atoms with Crippen molar-refractivity contribution in [2.45, 2.75) is 31.0 Å². The monoisotopic (exact) mass is 259 g/mol. The Hall–Kier alpha value is -1.18. The highest BCUT2D eigenvalue weighted by atomic mass is 16.7. The molecule has 18 heavy (non-hydrogen) atoms. The van der Waals surface area contributed by atoms with Crippen LogP contribution in [0.15, 0.2) is 0 Å². The molecule has 0 amide bonds. The van der Waals surface area contributed by atoms with Gasteiger partial charge in [-0.1, -0.05) is 0 Å². The Morgan fingerprint density at radius 1 is 1.28 bits per heavy atom. The van der Waals surface area contributed by atoms with Crippen molar-refractivity contribution in [2.75, 3.05) is 20.8 Å². The SMILES string of the molecule is COC(=O)[C@H]1[C@H](C(=O)OC)ON2[C@H](CO)CC[C@@H]12. The first-order chi connectivity index (χ1) is 8.63. The number of fused-ring (bicyclic) bond motifs is 1. The molecular weight excluding hydrogens is 242 g/mol. The van der Waals surface area contributed by atoms with Crippen LogP contribution >= 0.6 is 0 Å². The molecule has 0 unspecified atom stereocenters. The number of carbonyl (C=O) groups excluding carboxylic acids is 2. The van der Waals surface area contributed by atoms with Crippen LogP contribution in [-0.4, -0.2) is 61.1 Å². The molecule has 2 fully saturated rings. The lowest BCUT2D eigenvalue weighted by atomic mass is 9.93. The molecule has 2 saturated heterocycles. The molecule has 2 aliphatic rings. The van der Waals surface area contributed by atoms with Crippen molar-refractivity contribution in [3.05, 3.63) is 0 Å². The van der Waals surface area contributed by atoms with E-state index in [1.54, 1.807) is 5.06 Å². The van der Waals surface area contributed by atoms with Crippen molar-refractivity contribution in [3.63, 3.8) is 0 Å². The number of hydrogen-bond acceptors (Lipinski definition) is 7. The summed E-state index contributed by atoms with van der Waals surface area (Å²) in [7, 11) is 2.52. The summed E-state index contributed by atoms with van der Waals surface area (Å²) in [5, 5.41) is 10.8. The highest BCUT2D eigenvalue weighted by Crippen LogP contribution is 2.39. The summed E-state index contributed by atoms with van der Waals surface area (Å²) in [6.45, 7) is -0.0711. The van der Waals surface area contributed by atoms with E-state index in [-0.39, 0.29) is 18.7 Å². The van der Waals surface area contributed by atoms with Crippen LogP contribution < -0.4 is 0 Å². The van der Waals surface area contributed by atoms with E-state index in [0.29, 0.717) is 6.42 Å². The van der Waals surface area contributed by atoms with Crippen molar-refractivity contribution >= 4 is 11.9 Å². The minimum Gasteiger partial charge on any atom is -0.469 e. The van der Waals surface area contributed by atoms with Crippen molar-refractivity contribution in [1.29, 1.82) is 0 Å². The predicted molar refractivity (Wildman–Crippen MR) is 58.1 cm³/mol. The summed E-state index contributed by atoms with van der Waals surface area (Å²) < 4.78 is 9.35. The molecule has 0 spiro atoms. The predicted octanol–water partition coefficient (Wildman–Crippen LogP) is -0.912. The summed E-state index contributed by atoms with van der Waals surface area (Å²) in [6, 6.07) is -0.421. The summed E-state index contributed by atoms with van der Waals surface area (Å²) in [5.74, 6) is -1.79. The molecule has 0 aromatic rings. The largest absolute Gasteiger partial charge is 0.469 e. The number of hydrogen-bond donors (Lipinski definition) is 1. The maximum absolute atomic E-state index is 11.8. The fourth-order valence-electron chi connectivity index (χ4n) is 2.68. The molecule has 0 aromatic heterocycles. The second-order valence-corrected chi connectivity index (χ2v) is 4.44. The fourth-order valence-corrected chi connectivity index (χ4v) is 2.68. The van der Waals surface area contributed by atoms with Gasteiger partial charge in [-0.25, -0.2) is 4.79 Å². The quantitative estimate of drug-likeness (QED) is 0.656. The van der Waals surface area contributed by atoms with Crippen molar-refractivity contribution in [1.82, 2.24) is 5.06 Å². The van der Waals surface area contributed by atoms with E-state index in [2.05, 4.69) is 4.74 Å². The fraction of sp³-hybridized carbons (Fsp3) is 0.818. The molecular formula is C11H17NO6. The van der Waals surface area contributed by atoms with E-state index in [4.69, 9.17) is 9.57 Å². The first-order valence-corrected chi connectivity index (χ1v) is 5.85. The Morgan fingerprint density at radius 3 is 2.50 bits per heavy atom. The standard InChI is InChI=1S/C11H17NO6/c1-16-10(14)8-7-4-3-6(5-13)12(7)18-9(8)11(15)17-2/h6-9,13H,3-5H2,1-2H3/t6-,7-,8+,9+/m0/s1. The molecule has 7 nitrogen and oxygen atoms in total. The van der Waals surface area contributed by atoms with E-state index in [1.165, 1.54) is 14.2 Å². The van der Waals surface area contributed by atoms with Crippen molar-refractivity contribution < 1.29 is 29.0 Å². The summed E-state index contributed by atoms with van der Waals surface area (Å²) in [5.41, 5.74) is 0. The van der Waals surface area contributed by atoms with E-state index in [9.17, 15) is 14.7 Å². The molecule has 0 aromatic carbocycles. The first kappa shape index (κ1) is 13.3. The van der Waals surface area contributed by atoms with E-state index in [0.717, 1.165) is 6.42 Å². The van der Waals surface area contributed by atoms with Gasteiger partial charge in [0.15, 0.2) is 6.10 Å². The topological polar surface area (TPSA) is 85.3 Å². The van der Waals surface area contributed by atoms with Gasteiger partial charge in [-0.15, -0.1) is 0 Å². The zero-order valence-electron chi connectivity index (χ0n) is 10.4. The zero-order valence-corrected chi connectivity index (χ0v) is 10.4. The lowest BCUT2D eigenvalue weighted by Crippen LogP contribution is -2.38. The second-order valence-electron chi connectivity index (χ2n) is 4.44. The normalized spacial score (nSPS) is 35.3. The molecule has 4 atom stereocenters. The Morgan fingerprint density at radius 2 is 1.94 bits per heavy atom. The third-order valence-electron chi connectivity index (χ3n) is 3.58. The maximum Gasteiger partial charge on any atom is 0.338 e. The first-order valence-electron chi connectivity index (χ1n) is 5.85. The molecule has 0 aliphatic carbocycles. The maximum atomic E-state index is 11.8. The molecule has 7 heteroatoms. The molecule has 0 saturated carbocycles. The Bertz CT molecular complexity index is 346. The number of carbonyl (C=O) groups is 2. The van der Waals surface area contributed by atoms with Gasteiger partial charge >= 0.3 is 11.9 Å². The van der Waals surface area contributed by atoms with Crippen LogP contribution in [0.5, 0.6) is 0 Å². The molecule has 2 aliphatic heterocycles. The second kappa shape index (κ2) is 5.21. The lowest BCUT2D eigenvalue weighted by Gasteiger charge is -2.20. The number of esters is 2. The van der Waals surface area contributed by atoms with E-state index < -0.39 is 24.0 Å². The number of ether oxygens (including phenoxy) is 2. The Balaban J connectivity index is 2.22. The number of methoxy groups -OCH3 is 2. The van der Waals surface area contributed by atoms with Crippen molar-refractivity contribution in [3.8, 4) is 0 Å². The number of hydroxylamine groups is 2. The van der Waals surface area contributed by atoms with Gasteiger partial charge in [-0.3, -0.25) is 9.63 Å². The van der Waals surface area contributed by atoms with Crippen LogP contribution in [0.25, 0.3) is 0 Å². The van der Waals surface area contributed by atoms with Gasteiger partial charge in [0.1, 0.15) is 5.92 Å². The number of aliphatic hydroxyl groups is 1. The van der Waals surface area contributed by atoms with Gasteiger partial charge in [-0.05, 0) is 12.8 Å². The van der Waals surface area contributed by atoms with Gasteiger partial charge < -0.3 is 14.6 Å². The van der Waals surface area contributed by atoms with Gasteiger partial charge in [0.25, 0.3) is 0 Å². The molecule has 2 heterocycles. The molecule has 1 N–H and O–H groups in total. The minimum atomic E-state index is -0.984. The Labute approximate surface area is 105 Å². The van der Waals surface area contributed by atoms with Gasteiger partial charge in [0, 0.05) is 0 Å². The van der Waals surface area contributed by atoms with Crippen LogP contribution in [0.2, 0.25) is 0 Å². The molecule has 2 rings (SSSR count).